The zero-order valence-corrected chi connectivity index (χ0v) is 17.7. The van der Waals surface area contributed by atoms with E-state index in [-0.39, 0.29) is 23.7 Å². The number of hydrogen-bond donors (Lipinski definition) is 1. The third kappa shape index (κ3) is 4.10. The maximum atomic E-state index is 12.9. The average Bonchev–Trinajstić information content (AvgIpc) is 3.48. The van der Waals surface area contributed by atoms with E-state index >= 15 is 0 Å². The summed E-state index contributed by atoms with van der Waals surface area (Å²) in [6.07, 6.45) is 4.51. The fourth-order valence-electron chi connectivity index (χ4n) is 2.82. The first kappa shape index (κ1) is 20.2. The van der Waals surface area contributed by atoms with E-state index in [4.69, 9.17) is 8.83 Å². The van der Waals surface area contributed by atoms with Crippen LogP contribution in [-0.4, -0.2) is 20.4 Å². The Hall–Kier alpha value is -3.11. The molecule has 0 fully saturated rings. The van der Waals surface area contributed by atoms with E-state index in [1.54, 1.807) is 29.0 Å². The van der Waals surface area contributed by atoms with Gasteiger partial charge in [-0.1, -0.05) is 17.8 Å². The predicted molar refractivity (Wildman–Crippen MR) is 115 cm³/mol. The van der Waals surface area contributed by atoms with Crippen LogP contribution in [0.4, 0.5) is 0 Å². The van der Waals surface area contributed by atoms with Crippen LogP contribution in [0.15, 0.2) is 61.5 Å². The van der Waals surface area contributed by atoms with Gasteiger partial charge in [-0.05, 0) is 30.0 Å². The third-order valence-corrected chi connectivity index (χ3v) is 6.22. The van der Waals surface area contributed by atoms with Gasteiger partial charge in [0.25, 0.3) is 11.5 Å². The molecule has 0 saturated heterocycles. The van der Waals surface area contributed by atoms with Crippen molar-refractivity contribution >= 4 is 39.2 Å². The molecule has 0 aromatic carbocycles. The Labute approximate surface area is 179 Å². The molecule has 1 amide bonds. The van der Waals surface area contributed by atoms with Gasteiger partial charge in [0.2, 0.25) is 5.89 Å². The van der Waals surface area contributed by atoms with Crippen LogP contribution in [0.3, 0.4) is 0 Å². The van der Waals surface area contributed by atoms with Gasteiger partial charge >= 0.3 is 0 Å². The summed E-state index contributed by atoms with van der Waals surface area (Å²) in [5.41, 5.74) is 1.00. The summed E-state index contributed by atoms with van der Waals surface area (Å²) in [7, 11) is 0. The number of nitrogens with zero attached hydrogens (tertiary/aromatic N) is 3. The molecule has 4 rings (SSSR count). The van der Waals surface area contributed by atoms with Crippen molar-refractivity contribution in [3.63, 3.8) is 0 Å². The largest absolute Gasteiger partial charge is 0.467 e. The number of oxazole rings is 1. The van der Waals surface area contributed by atoms with Crippen LogP contribution < -0.4 is 10.9 Å². The minimum Gasteiger partial charge on any atom is -0.467 e. The van der Waals surface area contributed by atoms with Crippen LogP contribution in [-0.2, 0) is 18.8 Å². The van der Waals surface area contributed by atoms with Crippen LogP contribution in [0.1, 0.15) is 27.7 Å². The number of amides is 1. The first-order chi connectivity index (χ1) is 14.6. The van der Waals surface area contributed by atoms with E-state index in [9.17, 15) is 9.59 Å². The lowest BCUT2D eigenvalue weighted by Crippen LogP contribution is -2.23. The summed E-state index contributed by atoms with van der Waals surface area (Å²) < 4.78 is 12.2. The number of thioether (sulfide) groups is 1. The summed E-state index contributed by atoms with van der Waals surface area (Å²) in [6.45, 7) is 6.25. The van der Waals surface area contributed by atoms with Crippen LogP contribution in [0.5, 0.6) is 0 Å². The molecule has 4 aromatic rings. The minimum atomic E-state index is -0.358. The number of hydrogen-bond acceptors (Lipinski definition) is 8. The van der Waals surface area contributed by atoms with Crippen molar-refractivity contribution in [3.8, 4) is 0 Å². The Morgan fingerprint density at radius 3 is 3.03 bits per heavy atom. The molecule has 30 heavy (non-hydrogen) atoms. The van der Waals surface area contributed by atoms with Gasteiger partial charge in [-0.3, -0.25) is 14.2 Å². The lowest BCUT2D eigenvalue weighted by Gasteiger charge is -2.09. The highest BCUT2D eigenvalue weighted by Gasteiger charge is 2.17. The number of fused-ring (bicyclic) bond motifs is 1. The van der Waals surface area contributed by atoms with Gasteiger partial charge in [-0.2, -0.15) is 0 Å². The smallest absolute Gasteiger partial charge is 0.273 e. The van der Waals surface area contributed by atoms with Gasteiger partial charge in [-0.25, -0.2) is 9.97 Å². The molecule has 4 heterocycles. The molecule has 0 spiro atoms. The second-order valence-corrected chi connectivity index (χ2v) is 8.18. The minimum absolute atomic E-state index is 0.0912. The van der Waals surface area contributed by atoms with Crippen molar-refractivity contribution in [3.05, 3.63) is 76.0 Å². The Bertz CT molecular complexity index is 1250. The van der Waals surface area contributed by atoms with Crippen molar-refractivity contribution < 1.29 is 13.6 Å². The van der Waals surface area contributed by atoms with E-state index < -0.39 is 0 Å². The number of rotatable bonds is 8. The van der Waals surface area contributed by atoms with Crippen molar-refractivity contribution in [1.82, 2.24) is 19.9 Å². The van der Waals surface area contributed by atoms with E-state index in [2.05, 4.69) is 21.9 Å². The summed E-state index contributed by atoms with van der Waals surface area (Å²) in [4.78, 5) is 34.6. The molecular formula is C20H18N4O4S2. The lowest BCUT2D eigenvalue weighted by molar-refractivity contribution is 0.0943. The number of allylic oxidation sites excluding steroid dienone is 1. The number of nitrogens with one attached hydrogen (secondary N) is 1. The van der Waals surface area contributed by atoms with Crippen LogP contribution in [0, 0.1) is 6.92 Å². The quantitative estimate of drug-likeness (QED) is 0.252. The maximum absolute atomic E-state index is 12.9. The molecular weight excluding hydrogens is 424 g/mol. The first-order valence-electron chi connectivity index (χ1n) is 9.04. The number of aryl methyl sites for hydroxylation is 1. The second kappa shape index (κ2) is 8.72. The standard InChI is InChI=1S/C20H18N4O4S2/c1-3-6-24-19(26)16-12(2)10-29-18(16)23-20(24)30-11-15-22-14(9-28-15)17(25)21-8-13-5-4-7-27-13/h3-5,7,9-10H,1,6,8,11H2,2H3,(H,21,25). The molecule has 10 heteroatoms. The van der Waals surface area contributed by atoms with E-state index in [0.717, 1.165) is 5.56 Å². The number of carbonyl (C=O) groups is 1. The van der Waals surface area contributed by atoms with Gasteiger partial charge in [-0.15, -0.1) is 17.9 Å². The number of thiophene rings is 1. The van der Waals surface area contributed by atoms with Gasteiger partial charge in [0.05, 0.1) is 23.9 Å². The van der Waals surface area contributed by atoms with Crippen LogP contribution in [0.2, 0.25) is 0 Å². The number of carbonyl (C=O) groups excluding carboxylic acids is 1. The molecule has 0 saturated carbocycles. The molecule has 0 aliphatic heterocycles. The van der Waals surface area contributed by atoms with Crippen LogP contribution >= 0.6 is 23.1 Å². The van der Waals surface area contributed by atoms with Gasteiger partial charge in [0.15, 0.2) is 10.9 Å². The summed E-state index contributed by atoms with van der Waals surface area (Å²) in [5.74, 6) is 0.979. The monoisotopic (exact) mass is 442 g/mol. The Kier molecular flexibility index (Phi) is 5.86. The molecule has 4 aromatic heterocycles. The Morgan fingerprint density at radius 1 is 1.40 bits per heavy atom. The summed E-state index contributed by atoms with van der Waals surface area (Å²) in [5, 5.41) is 5.83. The van der Waals surface area contributed by atoms with Crippen LogP contribution in [0.25, 0.3) is 10.2 Å². The molecule has 0 aliphatic carbocycles. The van der Waals surface area contributed by atoms with Crippen molar-refractivity contribution in [2.24, 2.45) is 0 Å². The molecule has 0 atom stereocenters. The van der Waals surface area contributed by atoms with Crippen molar-refractivity contribution in [1.29, 1.82) is 0 Å². The fourth-order valence-corrected chi connectivity index (χ4v) is 4.65. The normalized spacial score (nSPS) is 11.1. The third-order valence-electron chi connectivity index (χ3n) is 4.27. The molecule has 0 bridgehead atoms. The molecule has 1 N–H and O–H groups in total. The average molecular weight is 443 g/mol. The molecule has 0 aliphatic rings. The number of aromatic nitrogens is 3. The highest BCUT2D eigenvalue weighted by Crippen LogP contribution is 2.26. The molecule has 8 nitrogen and oxygen atoms in total. The van der Waals surface area contributed by atoms with E-state index in [1.165, 1.54) is 29.4 Å². The molecule has 154 valence electrons. The zero-order valence-electron chi connectivity index (χ0n) is 16.1. The van der Waals surface area contributed by atoms with Gasteiger partial charge in [0, 0.05) is 6.54 Å². The molecule has 0 unspecified atom stereocenters. The highest BCUT2D eigenvalue weighted by atomic mass is 32.2. The number of furan rings is 1. The maximum Gasteiger partial charge on any atom is 0.273 e. The second-order valence-electron chi connectivity index (χ2n) is 6.37. The zero-order chi connectivity index (χ0) is 21.1. The fraction of sp³-hybridized carbons (Fsp3) is 0.200. The summed E-state index contributed by atoms with van der Waals surface area (Å²) in [6, 6.07) is 3.52. The Balaban J connectivity index is 1.48. The highest BCUT2D eigenvalue weighted by molar-refractivity contribution is 7.98. The lowest BCUT2D eigenvalue weighted by atomic mass is 10.3. The van der Waals surface area contributed by atoms with Crippen molar-refractivity contribution in [2.75, 3.05) is 0 Å². The topological polar surface area (TPSA) is 103 Å². The first-order valence-corrected chi connectivity index (χ1v) is 10.9. The summed E-state index contributed by atoms with van der Waals surface area (Å²) >= 11 is 2.76. The predicted octanol–water partition coefficient (Wildman–Crippen LogP) is 3.76. The SMILES string of the molecule is C=CCn1c(SCc2nc(C(=O)NCc3ccco3)co2)nc2scc(C)c2c1=O. The van der Waals surface area contributed by atoms with Crippen molar-refractivity contribution in [2.45, 2.75) is 30.9 Å². The van der Waals surface area contributed by atoms with Gasteiger partial charge in [0.1, 0.15) is 16.9 Å². The Morgan fingerprint density at radius 2 is 2.27 bits per heavy atom. The van der Waals surface area contributed by atoms with E-state index in [0.29, 0.717) is 39.3 Å². The molecule has 0 radical (unpaired) electrons. The van der Waals surface area contributed by atoms with Gasteiger partial charge < -0.3 is 14.2 Å². The van der Waals surface area contributed by atoms with E-state index in [1.807, 2.05) is 12.3 Å².